The number of H-pyrrole nitrogens is 1. The lowest BCUT2D eigenvalue weighted by Gasteiger charge is -2.32. The fraction of sp³-hybridized carbons (Fsp3) is 0.333. The van der Waals surface area contributed by atoms with Crippen molar-refractivity contribution in [3.05, 3.63) is 59.9 Å². The molecule has 0 radical (unpaired) electrons. The Labute approximate surface area is 228 Å². The first-order chi connectivity index (χ1) is 19.0. The van der Waals surface area contributed by atoms with E-state index >= 15 is 4.39 Å². The van der Waals surface area contributed by atoms with Crippen LogP contribution in [0.15, 0.2) is 42.9 Å². The number of aromatic nitrogens is 6. The number of piperazine rings is 1. The number of benzene rings is 1. The average Bonchev–Trinajstić information content (AvgIpc) is 3.68. The van der Waals surface area contributed by atoms with Crippen molar-refractivity contribution in [3.8, 4) is 38.3 Å². The van der Waals surface area contributed by atoms with Gasteiger partial charge in [0.2, 0.25) is 0 Å². The van der Waals surface area contributed by atoms with Gasteiger partial charge in [-0.2, -0.15) is 10.2 Å². The number of aryl methyl sites for hydroxylation is 1. The molecule has 1 saturated heterocycles. The van der Waals surface area contributed by atoms with Crippen molar-refractivity contribution in [3.63, 3.8) is 0 Å². The van der Waals surface area contributed by atoms with Crippen LogP contribution in [0.4, 0.5) is 4.39 Å². The van der Waals surface area contributed by atoms with E-state index in [9.17, 15) is 5.11 Å². The summed E-state index contributed by atoms with van der Waals surface area (Å²) in [5, 5.41) is 22.1. The van der Waals surface area contributed by atoms with Crippen molar-refractivity contribution in [1.29, 1.82) is 0 Å². The first-order valence-corrected chi connectivity index (χ1v) is 13.6. The molecule has 0 aliphatic carbocycles. The van der Waals surface area contributed by atoms with Crippen molar-refractivity contribution < 1.29 is 14.2 Å². The van der Waals surface area contributed by atoms with Gasteiger partial charge in [0.1, 0.15) is 29.5 Å². The van der Waals surface area contributed by atoms with E-state index in [1.54, 1.807) is 16.6 Å². The molecule has 0 amide bonds. The molecule has 202 valence electrons. The number of aliphatic hydroxyl groups is 1. The Kier molecular flexibility index (Phi) is 7.09. The van der Waals surface area contributed by atoms with Crippen LogP contribution in [0.3, 0.4) is 0 Å². The number of ether oxygens (including phenoxy) is 1. The predicted octanol–water partition coefficient (Wildman–Crippen LogP) is 3.48. The molecule has 1 aliphatic heterocycles. The van der Waals surface area contributed by atoms with E-state index in [0.29, 0.717) is 33.6 Å². The second kappa shape index (κ2) is 10.8. The Bertz CT molecular complexity index is 1590. The summed E-state index contributed by atoms with van der Waals surface area (Å²) in [6, 6.07) is 8.51. The topological polar surface area (TPSA) is 108 Å². The highest BCUT2D eigenvalue weighted by Crippen LogP contribution is 2.43. The lowest BCUT2D eigenvalue weighted by Crippen LogP contribution is -2.45. The molecule has 6 rings (SSSR count). The highest BCUT2D eigenvalue weighted by atomic mass is 32.1. The highest BCUT2D eigenvalue weighted by molar-refractivity contribution is 7.19. The van der Waals surface area contributed by atoms with Crippen LogP contribution in [0.1, 0.15) is 11.3 Å². The second-order valence-electron chi connectivity index (χ2n) is 9.61. The van der Waals surface area contributed by atoms with Gasteiger partial charge in [-0.05, 0) is 31.7 Å². The minimum atomic E-state index is -0.466. The van der Waals surface area contributed by atoms with Crippen LogP contribution in [0.5, 0.6) is 5.75 Å². The first kappa shape index (κ1) is 25.6. The third kappa shape index (κ3) is 5.03. The van der Waals surface area contributed by atoms with Gasteiger partial charge < -0.3 is 14.7 Å². The van der Waals surface area contributed by atoms with Gasteiger partial charge in [-0.3, -0.25) is 10.00 Å². The normalized spacial score (nSPS) is 14.9. The van der Waals surface area contributed by atoms with E-state index < -0.39 is 5.82 Å². The molecule has 0 bridgehead atoms. The Hall–Kier alpha value is -3.71. The molecule has 1 aliphatic rings. The van der Waals surface area contributed by atoms with Gasteiger partial charge >= 0.3 is 0 Å². The minimum Gasteiger partial charge on any atom is -0.492 e. The smallest absolute Gasteiger partial charge is 0.167 e. The van der Waals surface area contributed by atoms with Gasteiger partial charge in [0.25, 0.3) is 0 Å². The molecule has 0 spiro atoms. The monoisotopic (exact) mass is 548 g/mol. The molecule has 5 aromatic rings. The predicted molar refractivity (Wildman–Crippen MR) is 147 cm³/mol. The van der Waals surface area contributed by atoms with Crippen molar-refractivity contribution in [1.82, 2.24) is 39.6 Å². The van der Waals surface area contributed by atoms with Crippen LogP contribution in [0.25, 0.3) is 38.0 Å². The summed E-state index contributed by atoms with van der Waals surface area (Å²) in [6.45, 7) is 7.31. The number of nitrogens with zero attached hydrogens (tertiary/aromatic N) is 7. The van der Waals surface area contributed by atoms with E-state index in [-0.39, 0.29) is 12.2 Å². The standard InChI is InChI=1S/C27H29FN8O2S/c1-17-22(21-14-19(6-7-36(21)33-17)38-13-12-35-10-8-34(2)9-11-35)27-31-24(25(39-27)26-29-16-30-32-26)23-18(15-37)4-3-5-20(23)28/h3-7,14,16,37H,8-13,15H2,1-2H3,(H,29,30,32). The third-order valence-corrected chi connectivity index (χ3v) is 8.11. The van der Waals surface area contributed by atoms with Crippen molar-refractivity contribution in [2.24, 2.45) is 0 Å². The fourth-order valence-electron chi connectivity index (χ4n) is 4.90. The first-order valence-electron chi connectivity index (χ1n) is 12.8. The molecule has 0 saturated carbocycles. The molecule has 5 heterocycles. The number of hydrogen-bond donors (Lipinski definition) is 2. The molecule has 2 N–H and O–H groups in total. The van der Waals surface area contributed by atoms with Crippen molar-refractivity contribution >= 4 is 16.9 Å². The van der Waals surface area contributed by atoms with Gasteiger partial charge in [0, 0.05) is 50.6 Å². The minimum absolute atomic E-state index is 0.246. The number of fused-ring (bicyclic) bond motifs is 1. The fourth-order valence-corrected chi connectivity index (χ4v) is 6.02. The number of thiazole rings is 1. The summed E-state index contributed by atoms with van der Waals surface area (Å²) in [7, 11) is 2.15. The summed E-state index contributed by atoms with van der Waals surface area (Å²) in [5.41, 5.74) is 3.54. The summed E-state index contributed by atoms with van der Waals surface area (Å²) in [5.74, 6) is 0.761. The van der Waals surface area contributed by atoms with Crippen molar-refractivity contribution in [2.45, 2.75) is 13.5 Å². The molecule has 1 aromatic carbocycles. The third-order valence-electron chi connectivity index (χ3n) is 7.03. The van der Waals surface area contributed by atoms with Crippen LogP contribution in [0.2, 0.25) is 0 Å². The zero-order chi connectivity index (χ0) is 26.9. The lowest BCUT2D eigenvalue weighted by atomic mass is 10.0. The molecule has 0 unspecified atom stereocenters. The molecule has 12 heteroatoms. The summed E-state index contributed by atoms with van der Waals surface area (Å²) in [6.07, 6.45) is 3.28. The number of rotatable bonds is 8. The Morgan fingerprint density at radius 2 is 2.00 bits per heavy atom. The van der Waals surface area contributed by atoms with E-state index in [1.807, 2.05) is 25.3 Å². The second-order valence-corrected chi connectivity index (χ2v) is 10.6. The Balaban J connectivity index is 1.36. The number of aromatic amines is 1. The van der Waals surface area contributed by atoms with E-state index in [2.05, 4.69) is 37.1 Å². The maximum Gasteiger partial charge on any atom is 0.167 e. The van der Waals surface area contributed by atoms with E-state index in [0.717, 1.165) is 55.2 Å². The van der Waals surface area contributed by atoms with Gasteiger partial charge in [0.15, 0.2) is 5.82 Å². The Morgan fingerprint density at radius 1 is 1.15 bits per heavy atom. The number of pyridine rings is 1. The zero-order valence-corrected chi connectivity index (χ0v) is 22.6. The Morgan fingerprint density at radius 3 is 2.77 bits per heavy atom. The SMILES string of the molecule is Cc1nn2ccc(OCCN3CCN(C)CC3)cc2c1-c1nc(-c2c(F)cccc2CO)c(-c2ncn[nH]2)s1. The number of hydrogen-bond acceptors (Lipinski definition) is 9. The molecular formula is C27H29FN8O2S. The van der Waals surface area contributed by atoms with Gasteiger partial charge in [-0.1, -0.05) is 12.1 Å². The molecule has 10 nitrogen and oxygen atoms in total. The number of nitrogens with one attached hydrogen (secondary N) is 1. The highest BCUT2D eigenvalue weighted by Gasteiger charge is 2.25. The maximum atomic E-state index is 15.1. The number of halogens is 1. The quantitative estimate of drug-likeness (QED) is 0.304. The van der Waals surface area contributed by atoms with E-state index in [4.69, 9.17) is 9.72 Å². The average molecular weight is 549 g/mol. The van der Waals surface area contributed by atoms with Crippen LogP contribution in [-0.2, 0) is 6.61 Å². The molecule has 4 aromatic heterocycles. The molecule has 0 atom stereocenters. The van der Waals surface area contributed by atoms with Crippen LogP contribution in [-0.4, -0.2) is 91.1 Å². The van der Waals surface area contributed by atoms with Crippen LogP contribution in [0, 0.1) is 12.7 Å². The van der Waals surface area contributed by atoms with Crippen molar-refractivity contribution in [2.75, 3.05) is 46.4 Å². The molecule has 1 fully saturated rings. The van der Waals surface area contributed by atoms with Gasteiger partial charge in [-0.15, -0.1) is 11.3 Å². The van der Waals surface area contributed by atoms with Crippen LogP contribution >= 0.6 is 11.3 Å². The van der Waals surface area contributed by atoms with E-state index in [1.165, 1.54) is 23.7 Å². The molecular weight excluding hydrogens is 519 g/mol. The number of aliphatic hydroxyl groups excluding tert-OH is 1. The summed E-state index contributed by atoms with van der Waals surface area (Å²) < 4.78 is 23.1. The summed E-state index contributed by atoms with van der Waals surface area (Å²) >= 11 is 1.37. The summed E-state index contributed by atoms with van der Waals surface area (Å²) in [4.78, 5) is 14.6. The lowest BCUT2D eigenvalue weighted by molar-refractivity contribution is 0.134. The van der Waals surface area contributed by atoms with Gasteiger partial charge in [-0.25, -0.2) is 18.9 Å². The molecule has 39 heavy (non-hydrogen) atoms. The largest absolute Gasteiger partial charge is 0.492 e. The van der Waals surface area contributed by atoms with Crippen LogP contribution < -0.4 is 4.74 Å². The number of likely N-dealkylation sites (N-methyl/N-ethyl adjacent to an activating group) is 1. The zero-order valence-electron chi connectivity index (χ0n) is 21.8. The maximum absolute atomic E-state index is 15.1. The van der Waals surface area contributed by atoms with Gasteiger partial charge in [0.05, 0.1) is 34.0 Å².